The maximum Gasteiger partial charge on any atom is 0.304 e. The van der Waals surface area contributed by atoms with Crippen LogP contribution in [0.15, 0.2) is 0 Å². The number of carboxylic acid groups (broad SMARTS) is 1. The Kier molecular flexibility index (Phi) is 4.01. The maximum atomic E-state index is 10.5. The number of carbonyl (C=O) groups is 1. The van der Waals surface area contributed by atoms with Gasteiger partial charge in [-0.3, -0.25) is 9.69 Å². The van der Waals surface area contributed by atoms with Crippen molar-refractivity contribution in [3.05, 3.63) is 0 Å². The molecule has 2 saturated heterocycles. The Bertz CT molecular complexity index is 284. The largest absolute Gasteiger partial charge is 0.481 e. The average Bonchev–Trinajstić information content (AvgIpc) is 2.70. The third-order valence-corrected chi connectivity index (χ3v) is 3.82. The summed E-state index contributed by atoms with van der Waals surface area (Å²) >= 11 is 0. The smallest absolute Gasteiger partial charge is 0.304 e. The fourth-order valence-electron chi connectivity index (χ4n) is 2.84. The standard InChI is InChI=1S/C12H21NO4/c1-16-10-3-7-17-12(8-10)4-6-13(9-12)5-2-11(14)15/h10H,2-9H2,1H3,(H,14,15)/t10-,12+/m1/s1. The van der Waals surface area contributed by atoms with Crippen LogP contribution < -0.4 is 0 Å². The number of carboxylic acids is 1. The Balaban J connectivity index is 1.84. The van der Waals surface area contributed by atoms with Gasteiger partial charge in [-0.2, -0.15) is 0 Å². The molecule has 17 heavy (non-hydrogen) atoms. The van der Waals surface area contributed by atoms with Crippen LogP contribution in [0.2, 0.25) is 0 Å². The van der Waals surface area contributed by atoms with Crippen molar-refractivity contribution in [2.24, 2.45) is 0 Å². The molecule has 1 N–H and O–H groups in total. The minimum absolute atomic E-state index is 0.0859. The van der Waals surface area contributed by atoms with E-state index in [1.165, 1.54) is 0 Å². The molecule has 5 nitrogen and oxygen atoms in total. The first-order valence-electron chi connectivity index (χ1n) is 6.24. The third kappa shape index (κ3) is 3.18. The van der Waals surface area contributed by atoms with Crippen LogP contribution in [0.3, 0.4) is 0 Å². The zero-order chi connectivity index (χ0) is 12.3. The van der Waals surface area contributed by atoms with E-state index >= 15 is 0 Å². The predicted octanol–water partition coefficient (Wildman–Crippen LogP) is 0.731. The molecular formula is C12H21NO4. The molecule has 2 aliphatic heterocycles. The third-order valence-electron chi connectivity index (χ3n) is 3.82. The molecule has 0 bridgehead atoms. The van der Waals surface area contributed by atoms with Crippen molar-refractivity contribution >= 4 is 5.97 Å². The molecule has 2 fully saturated rings. The van der Waals surface area contributed by atoms with E-state index in [2.05, 4.69) is 4.90 Å². The van der Waals surface area contributed by atoms with E-state index in [4.69, 9.17) is 14.6 Å². The highest BCUT2D eigenvalue weighted by molar-refractivity contribution is 5.66. The highest BCUT2D eigenvalue weighted by atomic mass is 16.5. The maximum absolute atomic E-state index is 10.5. The highest BCUT2D eigenvalue weighted by Crippen LogP contribution is 2.35. The van der Waals surface area contributed by atoms with Crippen LogP contribution in [0.1, 0.15) is 25.7 Å². The van der Waals surface area contributed by atoms with E-state index in [-0.39, 0.29) is 12.0 Å². The summed E-state index contributed by atoms with van der Waals surface area (Å²) < 4.78 is 11.3. The first-order valence-corrected chi connectivity index (χ1v) is 6.24. The van der Waals surface area contributed by atoms with Crippen molar-refractivity contribution in [3.8, 4) is 0 Å². The van der Waals surface area contributed by atoms with E-state index in [1.807, 2.05) is 0 Å². The van der Waals surface area contributed by atoms with Crippen molar-refractivity contribution in [2.75, 3.05) is 33.4 Å². The van der Waals surface area contributed by atoms with Gasteiger partial charge in [-0.05, 0) is 12.8 Å². The van der Waals surface area contributed by atoms with E-state index in [0.29, 0.717) is 12.6 Å². The fraction of sp³-hybridized carbons (Fsp3) is 0.917. The summed E-state index contributed by atoms with van der Waals surface area (Å²) in [4.78, 5) is 12.7. The number of hydrogen-bond acceptors (Lipinski definition) is 4. The minimum Gasteiger partial charge on any atom is -0.481 e. The normalized spacial score (nSPS) is 34.3. The Morgan fingerprint density at radius 3 is 3.18 bits per heavy atom. The molecule has 0 unspecified atom stereocenters. The molecule has 0 aromatic heterocycles. The van der Waals surface area contributed by atoms with Gasteiger partial charge < -0.3 is 14.6 Å². The van der Waals surface area contributed by atoms with Gasteiger partial charge in [-0.25, -0.2) is 0 Å². The molecule has 0 aliphatic carbocycles. The lowest BCUT2D eigenvalue weighted by atomic mass is 9.91. The van der Waals surface area contributed by atoms with Crippen molar-refractivity contribution in [3.63, 3.8) is 0 Å². The fourth-order valence-corrected chi connectivity index (χ4v) is 2.84. The molecule has 2 heterocycles. The molecular weight excluding hydrogens is 222 g/mol. The first kappa shape index (κ1) is 12.8. The molecule has 0 radical (unpaired) electrons. The van der Waals surface area contributed by atoms with Crippen LogP contribution in [0, 0.1) is 0 Å². The summed E-state index contributed by atoms with van der Waals surface area (Å²) in [5, 5.41) is 8.68. The second-order valence-corrected chi connectivity index (χ2v) is 5.05. The summed E-state index contributed by atoms with van der Waals surface area (Å²) in [7, 11) is 1.75. The van der Waals surface area contributed by atoms with Crippen molar-refractivity contribution in [1.29, 1.82) is 0 Å². The second kappa shape index (κ2) is 5.33. The first-order chi connectivity index (χ1) is 8.13. The number of methoxy groups -OCH3 is 1. The molecule has 1 spiro atoms. The van der Waals surface area contributed by atoms with Gasteiger partial charge in [0, 0.05) is 39.8 Å². The van der Waals surface area contributed by atoms with Crippen molar-refractivity contribution in [1.82, 2.24) is 4.90 Å². The van der Waals surface area contributed by atoms with Crippen LogP contribution in [0.25, 0.3) is 0 Å². The van der Waals surface area contributed by atoms with E-state index in [9.17, 15) is 4.79 Å². The van der Waals surface area contributed by atoms with Crippen LogP contribution in [-0.4, -0.2) is 61.0 Å². The van der Waals surface area contributed by atoms with Gasteiger partial charge in [0.2, 0.25) is 0 Å². The van der Waals surface area contributed by atoms with E-state index in [1.54, 1.807) is 7.11 Å². The lowest BCUT2D eigenvalue weighted by Gasteiger charge is -2.37. The van der Waals surface area contributed by atoms with Gasteiger partial charge in [-0.1, -0.05) is 0 Å². The van der Waals surface area contributed by atoms with Crippen LogP contribution in [-0.2, 0) is 14.3 Å². The predicted molar refractivity (Wildman–Crippen MR) is 62.0 cm³/mol. The molecule has 0 saturated carbocycles. The molecule has 2 aliphatic rings. The van der Waals surface area contributed by atoms with Crippen molar-refractivity contribution in [2.45, 2.75) is 37.4 Å². The monoisotopic (exact) mass is 243 g/mol. The summed E-state index contributed by atoms with van der Waals surface area (Å²) in [6.07, 6.45) is 3.40. The number of aliphatic carboxylic acids is 1. The molecule has 5 heteroatoms. The molecule has 2 atom stereocenters. The molecule has 2 rings (SSSR count). The zero-order valence-corrected chi connectivity index (χ0v) is 10.4. The Hall–Kier alpha value is -0.650. The number of ether oxygens (including phenoxy) is 2. The molecule has 0 aromatic carbocycles. The Morgan fingerprint density at radius 1 is 1.65 bits per heavy atom. The van der Waals surface area contributed by atoms with Gasteiger partial charge in [0.25, 0.3) is 0 Å². The van der Waals surface area contributed by atoms with Gasteiger partial charge in [-0.15, -0.1) is 0 Å². The van der Waals surface area contributed by atoms with Gasteiger partial charge in [0.15, 0.2) is 0 Å². The van der Waals surface area contributed by atoms with Crippen LogP contribution >= 0.6 is 0 Å². The topological polar surface area (TPSA) is 59.0 Å². The number of rotatable bonds is 4. The molecule has 0 amide bonds. The summed E-state index contributed by atoms with van der Waals surface area (Å²) in [6, 6.07) is 0. The van der Waals surface area contributed by atoms with Crippen LogP contribution in [0.5, 0.6) is 0 Å². The quantitative estimate of drug-likeness (QED) is 0.789. The van der Waals surface area contributed by atoms with E-state index < -0.39 is 5.97 Å². The van der Waals surface area contributed by atoms with Crippen LogP contribution in [0.4, 0.5) is 0 Å². The molecule has 0 aromatic rings. The molecule has 98 valence electrons. The second-order valence-electron chi connectivity index (χ2n) is 5.05. The lowest BCUT2D eigenvalue weighted by molar-refractivity contribution is -0.137. The Labute approximate surface area is 102 Å². The van der Waals surface area contributed by atoms with Gasteiger partial charge in [0.05, 0.1) is 18.1 Å². The van der Waals surface area contributed by atoms with Gasteiger partial charge in [0.1, 0.15) is 0 Å². The van der Waals surface area contributed by atoms with Gasteiger partial charge >= 0.3 is 5.97 Å². The SMILES string of the molecule is CO[C@@H]1CCO[C@@]2(CCN(CCC(=O)O)C2)C1. The minimum atomic E-state index is -0.731. The Morgan fingerprint density at radius 2 is 2.47 bits per heavy atom. The lowest BCUT2D eigenvalue weighted by Crippen LogP contribution is -2.44. The summed E-state index contributed by atoms with van der Waals surface area (Å²) in [5.74, 6) is -0.731. The van der Waals surface area contributed by atoms with Crippen molar-refractivity contribution < 1.29 is 19.4 Å². The number of hydrogen-bond donors (Lipinski definition) is 1. The summed E-state index contributed by atoms with van der Waals surface area (Å²) in [6.45, 7) is 3.16. The van der Waals surface area contributed by atoms with E-state index in [0.717, 1.165) is 39.0 Å². The zero-order valence-electron chi connectivity index (χ0n) is 10.4. The number of nitrogens with zero attached hydrogens (tertiary/aromatic N) is 1. The average molecular weight is 243 g/mol. The number of likely N-dealkylation sites (tertiary alicyclic amines) is 1. The highest BCUT2D eigenvalue weighted by Gasteiger charge is 2.43. The summed E-state index contributed by atoms with van der Waals surface area (Å²) in [5.41, 5.74) is -0.0859.